The second-order valence-electron chi connectivity index (χ2n) is 6.43. The summed E-state index contributed by atoms with van der Waals surface area (Å²) in [6.07, 6.45) is 0.620. The van der Waals surface area contributed by atoms with Crippen molar-refractivity contribution in [2.45, 2.75) is 18.9 Å². The summed E-state index contributed by atoms with van der Waals surface area (Å²) in [7, 11) is 3.00. The number of methoxy groups -OCH3 is 2. The normalized spacial score (nSPS) is 20.4. The molecule has 0 bridgehead atoms. The van der Waals surface area contributed by atoms with Crippen LogP contribution in [0.5, 0.6) is 23.0 Å². The number of nitrogens with zero attached hydrogens (tertiary/aromatic N) is 1. The van der Waals surface area contributed by atoms with Crippen LogP contribution in [0.4, 0.5) is 0 Å². The van der Waals surface area contributed by atoms with Gasteiger partial charge in [0.1, 0.15) is 11.4 Å². The van der Waals surface area contributed by atoms with Crippen LogP contribution in [0.1, 0.15) is 23.6 Å². The van der Waals surface area contributed by atoms with E-state index in [-0.39, 0.29) is 17.2 Å². The first-order valence-electron chi connectivity index (χ1n) is 8.03. The number of ether oxygens (including phenoxy) is 2. The predicted molar refractivity (Wildman–Crippen MR) is 93.0 cm³/mol. The van der Waals surface area contributed by atoms with Crippen LogP contribution >= 0.6 is 0 Å². The number of hydrogen-bond acceptors (Lipinski definition) is 6. The minimum absolute atomic E-state index is 0.0408. The molecule has 25 heavy (non-hydrogen) atoms. The standard InChI is InChI=1S/C19H19NO5/c1-19(23)12-8-9(21)4-5-10(12)13-14-11(6-7-20-18(14)19)16(24-2)17(25-3)15(13)22/h4-5,8,21-23H,6-7H2,1-3H3. The summed E-state index contributed by atoms with van der Waals surface area (Å²) in [5.41, 5.74) is 2.31. The van der Waals surface area contributed by atoms with E-state index in [2.05, 4.69) is 4.99 Å². The number of rotatable bonds is 2. The van der Waals surface area contributed by atoms with E-state index in [1.807, 2.05) is 0 Å². The second kappa shape index (κ2) is 5.13. The van der Waals surface area contributed by atoms with Crippen LogP contribution < -0.4 is 9.47 Å². The first-order valence-corrected chi connectivity index (χ1v) is 8.03. The summed E-state index contributed by atoms with van der Waals surface area (Å²) in [5, 5.41) is 32.0. The van der Waals surface area contributed by atoms with Gasteiger partial charge in [0.2, 0.25) is 5.75 Å². The third kappa shape index (κ3) is 1.91. The van der Waals surface area contributed by atoms with Crippen LogP contribution in [-0.2, 0) is 12.0 Å². The number of benzene rings is 2. The second-order valence-corrected chi connectivity index (χ2v) is 6.43. The summed E-state index contributed by atoms with van der Waals surface area (Å²) in [4.78, 5) is 4.53. The molecule has 1 atom stereocenters. The van der Waals surface area contributed by atoms with E-state index in [4.69, 9.17) is 9.47 Å². The first kappa shape index (κ1) is 15.8. The zero-order valence-electron chi connectivity index (χ0n) is 14.3. The predicted octanol–water partition coefficient (Wildman–Crippen LogP) is 2.35. The van der Waals surface area contributed by atoms with Gasteiger partial charge in [-0.2, -0.15) is 0 Å². The van der Waals surface area contributed by atoms with Crippen molar-refractivity contribution in [1.82, 2.24) is 0 Å². The molecule has 4 rings (SSSR count). The van der Waals surface area contributed by atoms with Gasteiger partial charge in [-0.1, -0.05) is 6.07 Å². The van der Waals surface area contributed by atoms with Crippen molar-refractivity contribution in [3.8, 4) is 34.1 Å². The molecule has 0 saturated carbocycles. The average Bonchev–Trinajstić information content (AvgIpc) is 2.60. The summed E-state index contributed by atoms with van der Waals surface area (Å²) in [6, 6.07) is 4.72. The highest BCUT2D eigenvalue weighted by Crippen LogP contribution is 2.55. The summed E-state index contributed by atoms with van der Waals surface area (Å²) in [5.74, 6) is 0.705. The minimum Gasteiger partial charge on any atom is -0.508 e. The van der Waals surface area contributed by atoms with Crippen LogP contribution in [-0.4, -0.2) is 41.8 Å². The van der Waals surface area contributed by atoms with Crippen LogP contribution in [0.15, 0.2) is 23.2 Å². The molecule has 1 heterocycles. The molecule has 2 aromatic carbocycles. The van der Waals surface area contributed by atoms with Crippen LogP contribution in [0.25, 0.3) is 11.1 Å². The van der Waals surface area contributed by atoms with Crippen molar-refractivity contribution in [2.24, 2.45) is 4.99 Å². The molecule has 1 aliphatic heterocycles. The van der Waals surface area contributed by atoms with Crippen LogP contribution in [0.2, 0.25) is 0 Å². The maximum Gasteiger partial charge on any atom is 0.204 e. The third-order valence-corrected chi connectivity index (χ3v) is 5.02. The first-order chi connectivity index (χ1) is 11.9. The average molecular weight is 341 g/mol. The SMILES string of the molecule is COc1c(O)c2c3c(c1OC)CCN=C3C(C)(O)c1cc(O)ccc1-2. The highest BCUT2D eigenvalue weighted by atomic mass is 16.5. The smallest absolute Gasteiger partial charge is 0.204 e. The fourth-order valence-electron chi connectivity index (χ4n) is 3.94. The summed E-state index contributed by atoms with van der Waals surface area (Å²) < 4.78 is 10.9. The van der Waals surface area contributed by atoms with Crippen molar-refractivity contribution < 1.29 is 24.8 Å². The number of phenols is 2. The van der Waals surface area contributed by atoms with E-state index >= 15 is 0 Å². The number of aliphatic hydroxyl groups is 1. The molecule has 2 aromatic rings. The Balaban J connectivity index is 2.21. The van der Waals surface area contributed by atoms with Crippen LogP contribution in [0, 0.1) is 0 Å². The number of phenolic OH excluding ortho intramolecular Hbond substituents is 2. The van der Waals surface area contributed by atoms with Crippen LogP contribution in [0.3, 0.4) is 0 Å². The lowest BCUT2D eigenvalue weighted by Crippen LogP contribution is -2.39. The molecule has 1 aliphatic carbocycles. The van der Waals surface area contributed by atoms with Gasteiger partial charge in [0.25, 0.3) is 0 Å². The number of aromatic hydroxyl groups is 2. The summed E-state index contributed by atoms with van der Waals surface area (Å²) >= 11 is 0. The minimum atomic E-state index is -1.39. The fraction of sp³-hybridized carbons (Fsp3) is 0.316. The van der Waals surface area contributed by atoms with E-state index < -0.39 is 5.60 Å². The quantitative estimate of drug-likeness (QED) is 0.780. The zero-order chi connectivity index (χ0) is 17.9. The molecule has 6 heteroatoms. The van der Waals surface area contributed by atoms with Gasteiger partial charge in [0.05, 0.1) is 19.9 Å². The van der Waals surface area contributed by atoms with Crippen molar-refractivity contribution in [3.63, 3.8) is 0 Å². The molecule has 0 saturated heterocycles. The Bertz CT molecular complexity index is 930. The molecule has 0 radical (unpaired) electrons. The molecule has 6 nitrogen and oxygen atoms in total. The van der Waals surface area contributed by atoms with E-state index in [1.54, 1.807) is 13.0 Å². The van der Waals surface area contributed by atoms with Gasteiger partial charge in [0, 0.05) is 28.8 Å². The molecular formula is C19H19NO5. The topological polar surface area (TPSA) is 91.5 Å². The van der Waals surface area contributed by atoms with Crippen molar-refractivity contribution in [3.05, 3.63) is 34.9 Å². The Morgan fingerprint density at radius 3 is 2.48 bits per heavy atom. The fourth-order valence-corrected chi connectivity index (χ4v) is 3.94. The molecule has 2 aliphatic rings. The Kier molecular flexibility index (Phi) is 3.24. The lowest BCUT2D eigenvalue weighted by atomic mass is 9.71. The lowest BCUT2D eigenvalue weighted by molar-refractivity contribution is 0.132. The third-order valence-electron chi connectivity index (χ3n) is 5.02. The Hall–Kier alpha value is -2.73. The maximum absolute atomic E-state index is 11.2. The number of aliphatic imine (C=N–C) groups is 1. The van der Waals surface area contributed by atoms with E-state index in [1.165, 1.54) is 26.4 Å². The lowest BCUT2D eigenvalue weighted by Gasteiger charge is -2.38. The molecule has 0 fully saturated rings. The van der Waals surface area contributed by atoms with Crippen molar-refractivity contribution in [1.29, 1.82) is 0 Å². The van der Waals surface area contributed by atoms with E-state index in [0.29, 0.717) is 46.7 Å². The van der Waals surface area contributed by atoms with Gasteiger partial charge >= 0.3 is 0 Å². The Morgan fingerprint density at radius 1 is 1.08 bits per heavy atom. The number of fused-ring (bicyclic) bond motifs is 2. The summed E-state index contributed by atoms with van der Waals surface area (Å²) in [6.45, 7) is 2.15. The molecule has 0 aromatic heterocycles. The number of hydrogen-bond donors (Lipinski definition) is 3. The van der Waals surface area contributed by atoms with Crippen molar-refractivity contribution in [2.75, 3.05) is 20.8 Å². The van der Waals surface area contributed by atoms with Gasteiger partial charge < -0.3 is 24.8 Å². The van der Waals surface area contributed by atoms with Crippen molar-refractivity contribution >= 4 is 5.71 Å². The zero-order valence-corrected chi connectivity index (χ0v) is 14.3. The van der Waals surface area contributed by atoms with E-state index in [9.17, 15) is 15.3 Å². The maximum atomic E-state index is 11.2. The monoisotopic (exact) mass is 341 g/mol. The Morgan fingerprint density at radius 2 is 1.80 bits per heavy atom. The Labute approximate surface area is 145 Å². The molecule has 0 amide bonds. The molecule has 0 spiro atoms. The molecule has 130 valence electrons. The van der Waals surface area contributed by atoms with Gasteiger partial charge in [-0.15, -0.1) is 0 Å². The molecular weight excluding hydrogens is 322 g/mol. The van der Waals surface area contributed by atoms with E-state index in [0.717, 1.165) is 5.56 Å². The molecule has 3 N–H and O–H groups in total. The van der Waals surface area contributed by atoms with Gasteiger partial charge in [-0.25, -0.2) is 0 Å². The van der Waals surface area contributed by atoms with Gasteiger partial charge in [0.15, 0.2) is 11.5 Å². The highest BCUT2D eigenvalue weighted by Gasteiger charge is 2.44. The van der Waals surface area contributed by atoms with Gasteiger partial charge in [-0.05, 0) is 31.0 Å². The largest absolute Gasteiger partial charge is 0.508 e. The van der Waals surface area contributed by atoms with Gasteiger partial charge in [-0.3, -0.25) is 4.99 Å². The highest BCUT2D eigenvalue weighted by molar-refractivity contribution is 6.18. The molecule has 1 unspecified atom stereocenters.